The Balaban J connectivity index is 1.70. The first-order chi connectivity index (χ1) is 17.3. The number of carbonyl (C=O) groups is 1. The van der Waals surface area contributed by atoms with E-state index in [9.17, 15) is 13.2 Å². The number of nitrogens with one attached hydrogen (secondary N) is 2. The molecule has 184 valence electrons. The third kappa shape index (κ3) is 5.51. The summed E-state index contributed by atoms with van der Waals surface area (Å²) in [5.74, 6) is -0.880. The van der Waals surface area contributed by atoms with Crippen LogP contribution in [0.3, 0.4) is 0 Å². The molecule has 36 heavy (non-hydrogen) atoms. The van der Waals surface area contributed by atoms with Gasteiger partial charge in [-0.3, -0.25) is 4.79 Å². The van der Waals surface area contributed by atoms with Gasteiger partial charge < -0.3 is 21.5 Å². The number of nitrogens with two attached hydrogens (primary N) is 1. The summed E-state index contributed by atoms with van der Waals surface area (Å²) in [6.45, 7) is -0.378. The number of sulfone groups is 1. The Hall–Kier alpha value is -4.28. The Morgan fingerprint density at radius 2 is 1.58 bits per heavy atom. The number of pyridine rings is 2. The van der Waals surface area contributed by atoms with Gasteiger partial charge in [0.1, 0.15) is 12.4 Å². The molecule has 0 aliphatic heterocycles. The van der Waals surface area contributed by atoms with E-state index in [2.05, 4.69) is 20.6 Å². The molecule has 2 heterocycles. The van der Waals surface area contributed by atoms with Crippen molar-refractivity contribution in [2.75, 3.05) is 17.2 Å². The van der Waals surface area contributed by atoms with E-state index in [4.69, 9.17) is 10.8 Å². The SMILES string of the molecule is NC(Cc1ccc(Nc2ccccc2)cc1)(c1cccc(NCC(=O)O)n1)S(=O)(=O)c1ccccn1. The number of hydrogen-bond donors (Lipinski definition) is 4. The largest absolute Gasteiger partial charge is 0.480 e. The molecule has 1 unspecified atom stereocenters. The molecule has 4 rings (SSSR count). The molecule has 9 nitrogen and oxygen atoms in total. The Morgan fingerprint density at radius 3 is 2.25 bits per heavy atom. The summed E-state index contributed by atoms with van der Waals surface area (Å²) >= 11 is 0. The molecule has 0 saturated heterocycles. The van der Waals surface area contributed by atoms with Crippen molar-refractivity contribution in [2.45, 2.75) is 16.3 Å². The minimum atomic E-state index is -4.21. The van der Waals surface area contributed by atoms with Crippen LogP contribution >= 0.6 is 0 Å². The van der Waals surface area contributed by atoms with E-state index in [1.807, 2.05) is 42.5 Å². The lowest BCUT2D eigenvalue weighted by atomic mass is 10.0. The zero-order chi connectivity index (χ0) is 25.6. The van der Waals surface area contributed by atoms with E-state index < -0.39 is 20.7 Å². The standard InChI is InChI=1S/C26H25N5O4S/c27-26(36(34,35)24-11-4-5-16-28-24,22-9-6-10-23(31-22)29-18-25(32)33)17-19-12-14-21(15-13-19)30-20-7-2-1-3-8-20/h1-16,30H,17-18,27H2,(H,29,31)(H,32,33). The maximum Gasteiger partial charge on any atom is 0.322 e. The molecular weight excluding hydrogens is 478 g/mol. The van der Waals surface area contributed by atoms with Crippen molar-refractivity contribution in [3.63, 3.8) is 0 Å². The molecule has 0 amide bonds. The molecule has 4 aromatic rings. The molecule has 0 aliphatic carbocycles. The minimum absolute atomic E-state index is 0.0648. The molecule has 0 saturated carbocycles. The quantitative estimate of drug-likeness (QED) is 0.255. The monoisotopic (exact) mass is 503 g/mol. The van der Waals surface area contributed by atoms with Gasteiger partial charge in [0, 0.05) is 24.0 Å². The smallest absolute Gasteiger partial charge is 0.322 e. The Bertz CT molecular complexity index is 1430. The second-order valence-electron chi connectivity index (χ2n) is 8.08. The fraction of sp³-hybridized carbons (Fsp3) is 0.115. The number of nitrogens with zero attached hydrogens (tertiary/aromatic N) is 2. The van der Waals surface area contributed by atoms with Crippen molar-refractivity contribution in [1.29, 1.82) is 0 Å². The van der Waals surface area contributed by atoms with Gasteiger partial charge in [-0.05, 0) is 54.1 Å². The molecule has 10 heteroatoms. The molecule has 0 bridgehead atoms. The van der Waals surface area contributed by atoms with Crippen molar-refractivity contribution in [3.8, 4) is 0 Å². The number of carboxylic acids is 1. The van der Waals surface area contributed by atoms with Gasteiger partial charge in [-0.1, -0.05) is 42.5 Å². The number of hydrogen-bond acceptors (Lipinski definition) is 8. The van der Waals surface area contributed by atoms with Crippen LogP contribution in [0.5, 0.6) is 0 Å². The number of para-hydroxylation sites is 1. The first kappa shape index (κ1) is 24.8. The highest BCUT2D eigenvalue weighted by Crippen LogP contribution is 2.33. The molecule has 1 atom stereocenters. The van der Waals surface area contributed by atoms with E-state index in [0.29, 0.717) is 5.56 Å². The maximum absolute atomic E-state index is 13.8. The van der Waals surface area contributed by atoms with Gasteiger partial charge in [0.15, 0.2) is 9.90 Å². The van der Waals surface area contributed by atoms with Crippen LogP contribution in [0.25, 0.3) is 0 Å². The summed E-state index contributed by atoms with van der Waals surface area (Å²) in [5, 5.41) is 14.7. The van der Waals surface area contributed by atoms with Gasteiger partial charge in [-0.15, -0.1) is 0 Å². The third-order valence-electron chi connectivity index (χ3n) is 5.48. The van der Waals surface area contributed by atoms with Gasteiger partial charge in [-0.2, -0.15) is 0 Å². The van der Waals surface area contributed by atoms with Crippen molar-refractivity contribution < 1.29 is 18.3 Å². The second-order valence-corrected chi connectivity index (χ2v) is 10.2. The van der Waals surface area contributed by atoms with Crippen molar-refractivity contribution in [2.24, 2.45) is 5.73 Å². The normalized spacial score (nSPS) is 12.9. The number of aromatic nitrogens is 2. The maximum atomic E-state index is 13.8. The van der Waals surface area contributed by atoms with E-state index in [1.165, 1.54) is 18.3 Å². The van der Waals surface area contributed by atoms with Gasteiger partial charge >= 0.3 is 5.97 Å². The number of rotatable bonds is 10. The number of benzene rings is 2. The fourth-order valence-electron chi connectivity index (χ4n) is 3.65. The lowest BCUT2D eigenvalue weighted by Crippen LogP contribution is -2.47. The van der Waals surface area contributed by atoms with Crippen LogP contribution in [-0.2, 0) is 25.9 Å². The lowest BCUT2D eigenvalue weighted by Gasteiger charge is -2.29. The zero-order valence-electron chi connectivity index (χ0n) is 19.2. The van der Waals surface area contributed by atoms with Gasteiger partial charge in [0.05, 0.1) is 5.69 Å². The zero-order valence-corrected chi connectivity index (χ0v) is 20.0. The molecule has 0 radical (unpaired) electrons. The van der Waals surface area contributed by atoms with Gasteiger partial charge in [-0.25, -0.2) is 18.4 Å². The van der Waals surface area contributed by atoms with Crippen molar-refractivity contribution in [1.82, 2.24) is 9.97 Å². The summed E-state index contributed by atoms with van der Waals surface area (Å²) in [7, 11) is -4.21. The van der Waals surface area contributed by atoms with Crippen LogP contribution in [0.15, 0.2) is 102 Å². The van der Waals surface area contributed by atoms with Crippen LogP contribution < -0.4 is 16.4 Å². The van der Waals surface area contributed by atoms with Crippen LogP contribution in [0, 0.1) is 0 Å². The third-order valence-corrected chi connectivity index (χ3v) is 7.58. The van der Waals surface area contributed by atoms with E-state index in [-0.39, 0.29) is 29.5 Å². The average Bonchev–Trinajstić information content (AvgIpc) is 2.90. The van der Waals surface area contributed by atoms with Crippen LogP contribution in [0.4, 0.5) is 17.2 Å². The Labute approximate surface area is 209 Å². The van der Waals surface area contributed by atoms with E-state index in [1.54, 1.807) is 36.4 Å². The van der Waals surface area contributed by atoms with E-state index in [0.717, 1.165) is 11.4 Å². The highest BCUT2D eigenvalue weighted by molar-refractivity contribution is 7.92. The molecule has 0 spiro atoms. The first-order valence-electron chi connectivity index (χ1n) is 11.1. The van der Waals surface area contributed by atoms with Crippen LogP contribution in [0.1, 0.15) is 11.3 Å². The molecule has 2 aromatic heterocycles. The highest BCUT2D eigenvalue weighted by Gasteiger charge is 2.45. The van der Waals surface area contributed by atoms with Crippen molar-refractivity contribution >= 4 is 33.0 Å². The molecule has 0 aliphatic rings. The summed E-state index contributed by atoms with van der Waals surface area (Å²) < 4.78 is 27.6. The molecule has 5 N–H and O–H groups in total. The number of aliphatic carboxylic acids is 1. The highest BCUT2D eigenvalue weighted by atomic mass is 32.2. The average molecular weight is 504 g/mol. The van der Waals surface area contributed by atoms with Crippen LogP contribution in [-0.4, -0.2) is 36.0 Å². The molecule has 0 fully saturated rings. The van der Waals surface area contributed by atoms with E-state index >= 15 is 0 Å². The van der Waals surface area contributed by atoms with Crippen LogP contribution in [0.2, 0.25) is 0 Å². The van der Waals surface area contributed by atoms with Crippen molar-refractivity contribution in [3.05, 3.63) is 108 Å². The number of carboxylic acid groups (broad SMARTS) is 1. The summed E-state index contributed by atoms with van der Waals surface area (Å²) in [6, 6.07) is 26.1. The summed E-state index contributed by atoms with van der Waals surface area (Å²) in [5.41, 5.74) is 9.18. The molecule has 2 aromatic carbocycles. The number of anilines is 3. The first-order valence-corrected chi connectivity index (χ1v) is 12.5. The Kier molecular flexibility index (Phi) is 7.28. The minimum Gasteiger partial charge on any atom is -0.480 e. The Morgan fingerprint density at radius 1 is 0.889 bits per heavy atom. The molecular formula is C26H25N5O4S. The fourth-order valence-corrected chi connectivity index (χ4v) is 5.22. The second kappa shape index (κ2) is 10.5. The topological polar surface area (TPSA) is 147 Å². The lowest BCUT2D eigenvalue weighted by molar-refractivity contribution is -0.134. The summed E-state index contributed by atoms with van der Waals surface area (Å²) in [6.07, 6.45) is 1.29. The summed E-state index contributed by atoms with van der Waals surface area (Å²) in [4.78, 5) is 17.4. The van der Waals surface area contributed by atoms with Gasteiger partial charge in [0.2, 0.25) is 9.84 Å². The predicted octanol–water partition coefficient (Wildman–Crippen LogP) is 3.54. The predicted molar refractivity (Wildman–Crippen MR) is 138 cm³/mol. The van der Waals surface area contributed by atoms with Gasteiger partial charge in [0.25, 0.3) is 0 Å².